The average Bonchev–Trinajstić information content (AvgIpc) is 2.88. The lowest BCUT2D eigenvalue weighted by Gasteiger charge is -2.12. The Hall–Kier alpha value is -3.92. The summed E-state index contributed by atoms with van der Waals surface area (Å²) < 4.78 is 17.0. The fourth-order valence-corrected chi connectivity index (χ4v) is 3.88. The van der Waals surface area contributed by atoms with Gasteiger partial charge in [-0.15, -0.1) is 0 Å². The van der Waals surface area contributed by atoms with Gasteiger partial charge in [-0.05, 0) is 96.5 Å². The van der Waals surface area contributed by atoms with Crippen molar-refractivity contribution in [1.29, 1.82) is 0 Å². The Morgan fingerprint density at radius 2 is 1.06 bits per heavy atom. The Balaban J connectivity index is 1.38. The van der Waals surface area contributed by atoms with Gasteiger partial charge in [0.25, 0.3) is 0 Å². The van der Waals surface area contributed by atoms with Gasteiger partial charge >= 0.3 is 0 Å². The molecule has 0 radical (unpaired) electrons. The zero-order valence-corrected chi connectivity index (χ0v) is 19.7. The maximum Gasteiger partial charge on any atom is 0.131 e. The second-order valence-corrected chi connectivity index (χ2v) is 8.28. The number of benzene rings is 4. The van der Waals surface area contributed by atoms with Gasteiger partial charge in [0.15, 0.2) is 0 Å². The molecule has 0 heterocycles. The third-order valence-corrected chi connectivity index (χ3v) is 5.81. The van der Waals surface area contributed by atoms with Crippen LogP contribution >= 0.6 is 0 Å². The van der Waals surface area contributed by atoms with Crippen molar-refractivity contribution in [2.24, 2.45) is 0 Å². The van der Waals surface area contributed by atoms with Crippen LogP contribution in [0, 0.1) is 0 Å². The predicted octanol–water partition coefficient (Wildman–Crippen LogP) is 6.77. The molecule has 0 aliphatic heterocycles. The maximum absolute atomic E-state index is 9.42. The molecule has 4 rings (SSSR count). The molecule has 0 atom stereocenters. The van der Waals surface area contributed by atoms with Gasteiger partial charge in [-0.1, -0.05) is 36.4 Å². The molecule has 0 saturated heterocycles. The van der Waals surface area contributed by atoms with Gasteiger partial charge in [-0.25, -0.2) is 0 Å². The molecule has 0 fully saturated rings. The highest BCUT2D eigenvalue weighted by Crippen LogP contribution is 2.29. The van der Waals surface area contributed by atoms with Crippen molar-refractivity contribution in [3.63, 3.8) is 0 Å². The van der Waals surface area contributed by atoms with Crippen LogP contribution in [0.1, 0.15) is 22.3 Å². The Morgan fingerprint density at radius 1 is 0.500 bits per heavy atom. The number of aryl methyl sites for hydroxylation is 4. The van der Waals surface area contributed by atoms with Crippen LogP contribution in [0.25, 0.3) is 0 Å². The third-order valence-electron chi connectivity index (χ3n) is 5.81. The molecule has 174 valence electrons. The fraction of sp³-hybridized carbons (Fsp3) is 0.200. The first kappa shape index (κ1) is 23.2. The van der Waals surface area contributed by atoms with E-state index in [1.54, 1.807) is 26.4 Å². The van der Waals surface area contributed by atoms with Gasteiger partial charge in [-0.3, -0.25) is 0 Å². The van der Waals surface area contributed by atoms with E-state index in [2.05, 4.69) is 36.4 Å². The number of aromatic hydroxyl groups is 1. The van der Waals surface area contributed by atoms with E-state index in [0.29, 0.717) is 5.75 Å². The van der Waals surface area contributed by atoms with E-state index < -0.39 is 0 Å². The van der Waals surface area contributed by atoms with Crippen LogP contribution in [-0.2, 0) is 25.7 Å². The number of phenols is 1. The summed E-state index contributed by atoms with van der Waals surface area (Å²) in [5.74, 6) is 3.51. The molecule has 34 heavy (non-hydrogen) atoms. The largest absolute Gasteiger partial charge is 0.508 e. The number of ether oxygens (including phenoxy) is 3. The summed E-state index contributed by atoms with van der Waals surface area (Å²) in [6.07, 6.45) is 3.63. The lowest BCUT2D eigenvalue weighted by molar-refractivity contribution is 0.408. The standard InChI is InChI=1S/C30H30O4/c1-32-28-5-3-4-24(18-28)8-9-25-19-29(33-2)21-30(20-25)34-27-16-12-23(13-17-27)7-6-22-10-14-26(31)15-11-22/h3-5,10-21,31H,6-9H2,1-2H3. The maximum atomic E-state index is 9.42. The molecule has 0 spiro atoms. The minimum atomic E-state index is 0.297. The Labute approximate surface area is 201 Å². The van der Waals surface area contributed by atoms with Crippen molar-refractivity contribution in [1.82, 2.24) is 0 Å². The summed E-state index contributed by atoms with van der Waals surface area (Å²) in [5, 5.41) is 9.42. The lowest BCUT2D eigenvalue weighted by atomic mass is 10.0. The smallest absolute Gasteiger partial charge is 0.131 e. The second kappa shape index (κ2) is 11.3. The van der Waals surface area contributed by atoms with Gasteiger partial charge in [0, 0.05) is 6.07 Å². The van der Waals surface area contributed by atoms with E-state index in [9.17, 15) is 5.11 Å². The van der Waals surface area contributed by atoms with Crippen LogP contribution in [0.4, 0.5) is 0 Å². The molecular weight excluding hydrogens is 424 g/mol. The number of phenolic OH excluding ortho intramolecular Hbond substituents is 1. The van der Waals surface area contributed by atoms with Crippen LogP contribution in [-0.4, -0.2) is 19.3 Å². The highest BCUT2D eigenvalue weighted by atomic mass is 16.5. The third kappa shape index (κ3) is 6.55. The molecular formula is C30H30O4. The van der Waals surface area contributed by atoms with Gasteiger partial charge in [0.05, 0.1) is 14.2 Å². The van der Waals surface area contributed by atoms with Crippen LogP contribution in [0.5, 0.6) is 28.7 Å². The first-order chi connectivity index (χ1) is 16.6. The topological polar surface area (TPSA) is 47.9 Å². The Morgan fingerprint density at radius 3 is 1.74 bits per heavy atom. The fourth-order valence-electron chi connectivity index (χ4n) is 3.88. The number of hydrogen-bond acceptors (Lipinski definition) is 4. The van der Waals surface area contributed by atoms with Crippen molar-refractivity contribution in [3.05, 3.63) is 113 Å². The molecule has 1 N–H and O–H groups in total. The molecule has 4 heteroatoms. The van der Waals surface area contributed by atoms with Crippen molar-refractivity contribution in [2.45, 2.75) is 25.7 Å². The summed E-state index contributed by atoms with van der Waals surface area (Å²) in [5.41, 5.74) is 4.83. The van der Waals surface area contributed by atoms with Crippen LogP contribution in [0.15, 0.2) is 91.0 Å². The quantitative estimate of drug-likeness (QED) is 0.287. The summed E-state index contributed by atoms with van der Waals surface area (Å²) in [6.45, 7) is 0. The first-order valence-electron chi connectivity index (χ1n) is 11.5. The van der Waals surface area contributed by atoms with Gasteiger partial charge in [0.1, 0.15) is 28.7 Å². The zero-order chi connectivity index (χ0) is 23.8. The van der Waals surface area contributed by atoms with Gasteiger partial charge < -0.3 is 19.3 Å². The van der Waals surface area contributed by atoms with Crippen LogP contribution < -0.4 is 14.2 Å². The zero-order valence-electron chi connectivity index (χ0n) is 19.7. The minimum absolute atomic E-state index is 0.297. The minimum Gasteiger partial charge on any atom is -0.508 e. The molecule has 0 aliphatic carbocycles. The summed E-state index contributed by atoms with van der Waals surface area (Å²) in [7, 11) is 3.36. The van der Waals surface area contributed by atoms with E-state index >= 15 is 0 Å². The average molecular weight is 455 g/mol. The normalized spacial score (nSPS) is 10.6. The van der Waals surface area contributed by atoms with E-state index in [1.807, 2.05) is 42.5 Å². The number of methoxy groups -OCH3 is 2. The highest BCUT2D eigenvalue weighted by molar-refractivity contribution is 5.42. The van der Waals surface area contributed by atoms with Crippen molar-refractivity contribution in [2.75, 3.05) is 14.2 Å². The molecule has 0 amide bonds. The lowest BCUT2D eigenvalue weighted by Crippen LogP contribution is -1.95. The highest BCUT2D eigenvalue weighted by Gasteiger charge is 2.06. The van der Waals surface area contributed by atoms with Crippen molar-refractivity contribution in [3.8, 4) is 28.7 Å². The van der Waals surface area contributed by atoms with Gasteiger partial charge in [-0.2, -0.15) is 0 Å². The Bertz CT molecular complexity index is 1200. The SMILES string of the molecule is COc1cccc(CCc2cc(OC)cc(Oc3ccc(CCc4ccc(O)cc4)cc3)c2)c1. The van der Waals surface area contributed by atoms with E-state index in [4.69, 9.17) is 14.2 Å². The molecule has 0 aromatic heterocycles. The summed E-state index contributed by atoms with van der Waals surface area (Å²) in [4.78, 5) is 0. The molecule has 0 bridgehead atoms. The number of hydrogen-bond donors (Lipinski definition) is 1. The molecule has 0 unspecified atom stereocenters. The second-order valence-electron chi connectivity index (χ2n) is 8.28. The van der Waals surface area contributed by atoms with Crippen molar-refractivity contribution >= 4 is 0 Å². The Kier molecular flexibility index (Phi) is 7.71. The molecule has 4 aromatic rings. The van der Waals surface area contributed by atoms with Gasteiger partial charge in [0.2, 0.25) is 0 Å². The van der Waals surface area contributed by atoms with E-state index in [-0.39, 0.29) is 0 Å². The predicted molar refractivity (Wildman–Crippen MR) is 135 cm³/mol. The number of rotatable bonds is 10. The molecule has 4 aromatic carbocycles. The molecule has 0 aliphatic rings. The summed E-state index contributed by atoms with van der Waals surface area (Å²) in [6, 6.07) is 29.8. The van der Waals surface area contributed by atoms with Crippen molar-refractivity contribution < 1.29 is 19.3 Å². The van der Waals surface area contributed by atoms with E-state index in [0.717, 1.165) is 54.2 Å². The summed E-state index contributed by atoms with van der Waals surface area (Å²) >= 11 is 0. The van der Waals surface area contributed by atoms with Crippen LogP contribution in [0.3, 0.4) is 0 Å². The molecule has 4 nitrogen and oxygen atoms in total. The monoisotopic (exact) mass is 454 g/mol. The van der Waals surface area contributed by atoms with E-state index in [1.165, 1.54) is 16.7 Å². The molecule has 0 saturated carbocycles. The van der Waals surface area contributed by atoms with Crippen LogP contribution in [0.2, 0.25) is 0 Å². The first-order valence-corrected chi connectivity index (χ1v) is 11.5.